The van der Waals surface area contributed by atoms with E-state index in [0.717, 1.165) is 6.42 Å². The summed E-state index contributed by atoms with van der Waals surface area (Å²) < 4.78 is 0. The fraction of sp³-hybridized carbons (Fsp3) is 0.714. The average Bonchev–Trinajstić information content (AvgIpc) is 2.45. The minimum absolute atomic E-state index is 0.145. The number of hydrogen-bond acceptors (Lipinski definition) is 4. The fourth-order valence-corrected chi connectivity index (χ4v) is 4.46. The van der Waals surface area contributed by atoms with Gasteiger partial charge in [0, 0.05) is 17.5 Å². The summed E-state index contributed by atoms with van der Waals surface area (Å²) in [4.78, 5) is 26.7. The van der Waals surface area contributed by atoms with Crippen molar-refractivity contribution >= 4 is 35.3 Å². The quantitative estimate of drug-likeness (QED) is 0.704. The molecule has 2 amide bonds. The Bertz CT molecular complexity index is 402. The largest absolute Gasteiger partial charge is 0.277 e. The normalized spacial score (nSPS) is 18.2. The Hall–Kier alpha value is -0.420. The highest BCUT2D eigenvalue weighted by molar-refractivity contribution is 8.08. The van der Waals surface area contributed by atoms with Crippen molar-refractivity contribution in [2.75, 3.05) is 7.05 Å². The van der Waals surface area contributed by atoms with E-state index in [9.17, 15) is 9.59 Å². The van der Waals surface area contributed by atoms with E-state index in [4.69, 9.17) is 0 Å². The van der Waals surface area contributed by atoms with Crippen LogP contribution in [0.2, 0.25) is 0 Å². The lowest BCUT2D eigenvalue weighted by atomic mass is 10.1. The van der Waals surface area contributed by atoms with Gasteiger partial charge in [0.15, 0.2) is 0 Å². The molecule has 1 atom stereocenters. The zero-order valence-corrected chi connectivity index (χ0v) is 14.2. The summed E-state index contributed by atoms with van der Waals surface area (Å²) in [6, 6.07) is 0. The summed E-state index contributed by atoms with van der Waals surface area (Å²) in [6.45, 7) is 10.5. The number of imide groups is 1. The van der Waals surface area contributed by atoms with E-state index in [-0.39, 0.29) is 11.8 Å². The zero-order valence-electron chi connectivity index (χ0n) is 12.5. The van der Waals surface area contributed by atoms with E-state index >= 15 is 0 Å². The predicted molar refractivity (Wildman–Crippen MR) is 84.0 cm³/mol. The monoisotopic (exact) mass is 301 g/mol. The highest BCUT2D eigenvalue weighted by atomic mass is 32.2. The van der Waals surface area contributed by atoms with E-state index in [2.05, 4.69) is 20.8 Å². The van der Waals surface area contributed by atoms with Gasteiger partial charge >= 0.3 is 0 Å². The second-order valence-corrected chi connectivity index (χ2v) is 8.59. The Labute approximate surface area is 124 Å². The van der Waals surface area contributed by atoms with E-state index < -0.39 is 0 Å². The van der Waals surface area contributed by atoms with E-state index in [1.807, 2.05) is 13.8 Å². The van der Waals surface area contributed by atoms with Crippen LogP contribution < -0.4 is 0 Å². The minimum Gasteiger partial charge on any atom is -0.277 e. The second-order valence-electron chi connectivity index (χ2n) is 5.55. The first kappa shape index (κ1) is 16.6. The molecule has 0 saturated heterocycles. The molecule has 0 spiro atoms. The summed E-state index contributed by atoms with van der Waals surface area (Å²) in [5.74, 6) is 0.297. The molecule has 0 fully saturated rings. The number of carbonyl (C=O) groups excluding carboxylic acids is 2. The van der Waals surface area contributed by atoms with Crippen LogP contribution in [0.3, 0.4) is 0 Å². The first-order chi connectivity index (χ1) is 8.73. The molecule has 0 aromatic carbocycles. The third-order valence-electron chi connectivity index (χ3n) is 2.68. The van der Waals surface area contributed by atoms with Gasteiger partial charge in [-0.25, -0.2) is 0 Å². The van der Waals surface area contributed by atoms with Crippen molar-refractivity contribution in [1.82, 2.24) is 4.90 Å². The summed E-state index contributed by atoms with van der Waals surface area (Å²) in [5, 5.41) is 0.648. The second kappa shape index (κ2) is 6.84. The molecule has 0 N–H and O–H groups in total. The molecule has 19 heavy (non-hydrogen) atoms. The average molecular weight is 301 g/mol. The summed E-state index contributed by atoms with van der Waals surface area (Å²) in [5.41, 5.74) is 0. The van der Waals surface area contributed by atoms with Crippen LogP contribution in [-0.2, 0) is 9.59 Å². The number of nitrogens with zero attached hydrogens (tertiary/aromatic N) is 1. The van der Waals surface area contributed by atoms with Gasteiger partial charge in [-0.2, -0.15) is 0 Å². The van der Waals surface area contributed by atoms with Crippen LogP contribution >= 0.6 is 23.5 Å². The Morgan fingerprint density at radius 1 is 0.947 bits per heavy atom. The number of amides is 2. The molecule has 3 nitrogen and oxygen atoms in total. The smallest absolute Gasteiger partial charge is 0.268 e. The van der Waals surface area contributed by atoms with Gasteiger partial charge in [-0.05, 0) is 12.3 Å². The van der Waals surface area contributed by atoms with Crippen molar-refractivity contribution in [3.05, 3.63) is 9.81 Å². The number of carbonyl (C=O) groups is 2. The lowest BCUT2D eigenvalue weighted by molar-refractivity contribution is -0.135. The molecule has 1 aliphatic rings. The van der Waals surface area contributed by atoms with Gasteiger partial charge in [-0.3, -0.25) is 14.5 Å². The first-order valence-electron chi connectivity index (χ1n) is 6.64. The molecule has 0 aliphatic carbocycles. The number of likely N-dealkylation sites (N-methyl/N-ethyl adjacent to an activating group) is 1. The van der Waals surface area contributed by atoms with Crippen molar-refractivity contribution in [3.63, 3.8) is 0 Å². The number of thioether (sulfide) groups is 2. The van der Waals surface area contributed by atoms with Crippen LogP contribution in [0.25, 0.3) is 0 Å². The lowest BCUT2D eigenvalue weighted by Gasteiger charge is -2.14. The molecule has 0 radical (unpaired) electrons. The predicted octanol–water partition coefficient (Wildman–Crippen LogP) is 3.51. The third-order valence-corrected chi connectivity index (χ3v) is 5.10. The molecule has 0 aromatic rings. The van der Waals surface area contributed by atoms with Gasteiger partial charge in [-0.15, -0.1) is 23.5 Å². The van der Waals surface area contributed by atoms with Crippen LogP contribution in [0.5, 0.6) is 0 Å². The molecular formula is C14H23NO2S2. The standard InChI is InChI=1S/C14H23NO2S2/c1-8(2)7-10(5)19-12-11(18-9(3)4)13(16)15(6)14(12)17/h8-10H,7H2,1-6H3. The Morgan fingerprint density at radius 3 is 1.84 bits per heavy atom. The zero-order chi connectivity index (χ0) is 14.7. The van der Waals surface area contributed by atoms with Crippen molar-refractivity contribution in [3.8, 4) is 0 Å². The van der Waals surface area contributed by atoms with Gasteiger partial charge in [0.05, 0.1) is 9.81 Å². The van der Waals surface area contributed by atoms with Crippen LogP contribution in [0.1, 0.15) is 41.0 Å². The molecular weight excluding hydrogens is 278 g/mol. The molecule has 0 saturated carbocycles. The summed E-state index contributed by atoms with van der Waals surface area (Å²) in [6.07, 6.45) is 1.04. The molecule has 1 unspecified atom stereocenters. The van der Waals surface area contributed by atoms with Crippen molar-refractivity contribution < 1.29 is 9.59 Å². The van der Waals surface area contributed by atoms with Gasteiger partial charge < -0.3 is 0 Å². The van der Waals surface area contributed by atoms with Crippen LogP contribution in [0.15, 0.2) is 9.81 Å². The molecule has 1 aliphatic heterocycles. The maximum absolute atomic E-state index is 12.1. The Kier molecular flexibility index (Phi) is 5.99. The van der Waals surface area contributed by atoms with Crippen molar-refractivity contribution in [1.29, 1.82) is 0 Å². The molecule has 108 valence electrons. The summed E-state index contributed by atoms with van der Waals surface area (Å²) >= 11 is 3.04. The first-order valence-corrected chi connectivity index (χ1v) is 8.39. The number of hydrogen-bond donors (Lipinski definition) is 0. The maximum Gasteiger partial charge on any atom is 0.268 e. The highest BCUT2D eigenvalue weighted by Gasteiger charge is 2.37. The Morgan fingerprint density at radius 2 is 1.42 bits per heavy atom. The van der Waals surface area contributed by atoms with Gasteiger partial charge in [0.25, 0.3) is 11.8 Å². The topological polar surface area (TPSA) is 37.4 Å². The van der Waals surface area contributed by atoms with E-state index in [1.54, 1.807) is 18.8 Å². The van der Waals surface area contributed by atoms with Crippen LogP contribution in [0, 0.1) is 5.92 Å². The Balaban J connectivity index is 2.92. The summed E-state index contributed by atoms with van der Waals surface area (Å²) in [7, 11) is 1.56. The molecule has 0 aromatic heterocycles. The van der Waals surface area contributed by atoms with Gasteiger partial charge in [0.2, 0.25) is 0 Å². The third kappa shape index (κ3) is 4.28. The number of rotatable bonds is 6. The van der Waals surface area contributed by atoms with Crippen LogP contribution in [0.4, 0.5) is 0 Å². The molecule has 0 bridgehead atoms. The minimum atomic E-state index is -0.150. The lowest BCUT2D eigenvalue weighted by Crippen LogP contribution is -2.26. The fourth-order valence-electron chi connectivity index (χ4n) is 1.95. The van der Waals surface area contributed by atoms with Crippen LogP contribution in [-0.4, -0.2) is 34.3 Å². The van der Waals surface area contributed by atoms with Gasteiger partial charge in [0.1, 0.15) is 0 Å². The molecule has 1 heterocycles. The molecule has 1 rings (SSSR count). The maximum atomic E-state index is 12.1. The SMILES string of the molecule is CC(C)CC(C)SC1=C(SC(C)C)C(=O)N(C)C1=O. The van der Waals surface area contributed by atoms with E-state index in [0.29, 0.717) is 26.2 Å². The van der Waals surface area contributed by atoms with Crippen molar-refractivity contribution in [2.24, 2.45) is 5.92 Å². The molecule has 5 heteroatoms. The van der Waals surface area contributed by atoms with E-state index in [1.165, 1.54) is 16.7 Å². The van der Waals surface area contributed by atoms with Gasteiger partial charge in [-0.1, -0.05) is 34.6 Å². The highest BCUT2D eigenvalue weighted by Crippen LogP contribution is 2.40. The van der Waals surface area contributed by atoms with Crippen molar-refractivity contribution in [2.45, 2.75) is 51.5 Å².